The van der Waals surface area contributed by atoms with Crippen molar-refractivity contribution in [2.24, 2.45) is 11.3 Å². The van der Waals surface area contributed by atoms with Gasteiger partial charge in [0.25, 0.3) is 0 Å². The van der Waals surface area contributed by atoms with Crippen LogP contribution in [0.3, 0.4) is 0 Å². The van der Waals surface area contributed by atoms with Crippen LogP contribution in [0.2, 0.25) is 0 Å². The molecule has 2 rings (SSSR count). The van der Waals surface area contributed by atoms with E-state index in [0.717, 1.165) is 24.6 Å². The van der Waals surface area contributed by atoms with Crippen molar-refractivity contribution >= 4 is 0 Å². The van der Waals surface area contributed by atoms with Crippen molar-refractivity contribution in [3.05, 3.63) is 29.8 Å². The van der Waals surface area contributed by atoms with Gasteiger partial charge in [0.05, 0.1) is 7.11 Å². The number of nitrogens with one attached hydrogen (secondary N) is 1. The van der Waals surface area contributed by atoms with Gasteiger partial charge in [-0.05, 0) is 55.2 Å². The Hall–Kier alpha value is -1.02. The standard InChI is InChI=1S/C18H29NO/c1-14-11-16(13-18(2,3)12-14)19-10-9-15-7-5-6-8-17(15)20-4/h5-8,14,16,19H,9-13H2,1-4H3. The molecule has 1 fully saturated rings. The maximum atomic E-state index is 5.41. The second-order valence-corrected chi connectivity index (χ2v) is 7.13. The molecule has 2 unspecified atom stereocenters. The molecule has 1 N–H and O–H groups in total. The van der Waals surface area contributed by atoms with Gasteiger partial charge in [0, 0.05) is 6.04 Å². The molecule has 0 aliphatic heterocycles. The first-order valence-corrected chi connectivity index (χ1v) is 7.85. The van der Waals surface area contributed by atoms with Gasteiger partial charge in [-0.2, -0.15) is 0 Å². The molecule has 0 radical (unpaired) electrons. The van der Waals surface area contributed by atoms with E-state index in [1.165, 1.54) is 24.8 Å². The highest BCUT2D eigenvalue weighted by Gasteiger charge is 2.31. The van der Waals surface area contributed by atoms with Crippen LogP contribution >= 0.6 is 0 Å². The zero-order valence-electron chi connectivity index (χ0n) is 13.4. The third kappa shape index (κ3) is 4.24. The Morgan fingerprint density at radius 1 is 1.25 bits per heavy atom. The first kappa shape index (κ1) is 15.4. The van der Waals surface area contributed by atoms with Gasteiger partial charge in [-0.25, -0.2) is 0 Å². The van der Waals surface area contributed by atoms with Gasteiger partial charge >= 0.3 is 0 Å². The summed E-state index contributed by atoms with van der Waals surface area (Å²) in [7, 11) is 1.75. The second kappa shape index (κ2) is 6.62. The van der Waals surface area contributed by atoms with Crippen LogP contribution in [0.4, 0.5) is 0 Å². The fourth-order valence-corrected chi connectivity index (χ4v) is 3.82. The van der Waals surface area contributed by atoms with Crippen LogP contribution in [0, 0.1) is 11.3 Å². The Balaban J connectivity index is 1.83. The lowest BCUT2D eigenvalue weighted by Crippen LogP contribution is -2.40. The van der Waals surface area contributed by atoms with E-state index in [1.54, 1.807) is 7.11 Å². The molecular weight excluding hydrogens is 246 g/mol. The number of methoxy groups -OCH3 is 1. The number of benzene rings is 1. The van der Waals surface area contributed by atoms with Gasteiger partial charge in [-0.3, -0.25) is 0 Å². The summed E-state index contributed by atoms with van der Waals surface area (Å²) >= 11 is 0. The molecule has 0 bridgehead atoms. The van der Waals surface area contributed by atoms with Crippen molar-refractivity contribution in [2.75, 3.05) is 13.7 Å². The summed E-state index contributed by atoms with van der Waals surface area (Å²) in [5.41, 5.74) is 1.78. The number of hydrogen-bond donors (Lipinski definition) is 1. The Morgan fingerprint density at radius 2 is 2.00 bits per heavy atom. The van der Waals surface area contributed by atoms with E-state index < -0.39 is 0 Å². The van der Waals surface area contributed by atoms with E-state index in [1.807, 2.05) is 12.1 Å². The maximum Gasteiger partial charge on any atom is 0.122 e. The average Bonchev–Trinajstić information content (AvgIpc) is 2.37. The molecule has 20 heavy (non-hydrogen) atoms. The molecule has 2 atom stereocenters. The quantitative estimate of drug-likeness (QED) is 0.875. The monoisotopic (exact) mass is 275 g/mol. The molecule has 1 aromatic carbocycles. The Morgan fingerprint density at radius 3 is 2.70 bits per heavy atom. The van der Waals surface area contributed by atoms with Crippen LogP contribution in [-0.2, 0) is 6.42 Å². The molecule has 0 aromatic heterocycles. The van der Waals surface area contributed by atoms with Gasteiger partial charge in [0.1, 0.15) is 5.75 Å². The zero-order chi connectivity index (χ0) is 14.6. The molecular formula is C18H29NO. The minimum absolute atomic E-state index is 0.486. The Bertz CT molecular complexity index is 427. The van der Waals surface area contributed by atoms with Crippen LogP contribution in [0.25, 0.3) is 0 Å². The predicted molar refractivity (Wildman–Crippen MR) is 85.3 cm³/mol. The summed E-state index contributed by atoms with van der Waals surface area (Å²) in [5, 5.41) is 3.75. The Kier molecular flexibility index (Phi) is 5.09. The maximum absolute atomic E-state index is 5.41. The lowest BCUT2D eigenvalue weighted by Gasteiger charge is -2.39. The number of rotatable bonds is 5. The summed E-state index contributed by atoms with van der Waals surface area (Å²) in [6.07, 6.45) is 5.01. The second-order valence-electron chi connectivity index (χ2n) is 7.13. The van der Waals surface area contributed by atoms with Crippen molar-refractivity contribution in [2.45, 2.75) is 52.5 Å². The van der Waals surface area contributed by atoms with E-state index in [9.17, 15) is 0 Å². The molecule has 1 saturated carbocycles. The van der Waals surface area contributed by atoms with Crippen LogP contribution in [0.15, 0.2) is 24.3 Å². The van der Waals surface area contributed by atoms with Gasteiger partial charge in [0.2, 0.25) is 0 Å². The predicted octanol–water partition coefficient (Wildman–Crippen LogP) is 4.04. The molecule has 1 aliphatic rings. The molecule has 0 spiro atoms. The number of hydrogen-bond acceptors (Lipinski definition) is 2. The first-order valence-electron chi connectivity index (χ1n) is 7.85. The van der Waals surface area contributed by atoms with E-state index in [-0.39, 0.29) is 0 Å². The molecule has 1 aromatic rings. The third-order valence-corrected chi connectivity index (χ3v) is 4.41. The molecule has 0 amide bonds. The summed E-state index contributed by atoms with van der Waals surface area (Å²) < 4.78 is 5.41. The highest BCUT2D eigenvalue weighted by atomic mass is 16.5. The normalized spacial score (nSPS) is 25.4. The van der Waals surface area contributed by atoms with Crippen molar-refractivity contribution in [3.8, 4) is 5.75 Å². The van der Waals surface area contributed by atoms with Crippen molar-refractivity contribution < 1.29 is 4.74 Å². The van der Waals surface area contributed by atoms with Crippen molar-refractivity contribution in [1.82, 2.24) is 5.32 Å². The molecule has 0 heterocycles. The van der Waals surface area contributed by atoms with Crippen LogP contribution in [0.1, 0.15) is 45.6 Å². The van der Waals surface area contributed by atoms with E-state index in [0.29, 0.717) is 11.5 Å². The summed E-state index contributed by atoms with van der Waals surface area (Å²) in [5.74, 6) is 1.84. The van der Waals surface area contributed by atoms with Crippen LogP contribution in [0.5, 0.6) is 5.75 Å². The molecule has 0 saturated heterocycles. The third-order valence-electron chi connectivity index (χ3n) is 4.41. The van der Waals surface area contributed by atoms with Crippen LogP contribution < -0.4 is 10.1 Å². The molecule has 2 heteroatoms. The van der Waals surface area contributed by atoms with Crippen molar-refractivity contribution in [3.63, 3.8) is 0 Å². The van der Waals surface area contributed by atoms with Crippen LogP contribution in [-0.4, -0.2) is 19.7 Å². The smallest absolute Gasteiger partial charge is 0.122 e. The summed E-state index contributed by atoms with van der Waals surface area (Å²) in [6.45, 7) is 8.22. The molecule has 1 aliphatic carbocycles. The number of ether oxygens (including phenoxy) is 1. The fourth-order valence-electron chi connectivity index (χ4n) is 3.82. The van der Waals surface area contributed by atoms with E-state index >= 15 is 0 Å². The van der Waals surface area contributed by atoms with Crippen molar-refractivity contribution in [1.29, 1.82) is 0 Å². The Labute approximate surface area is 123 Å². The minimum Gasteiger partial charge on any atom is -0.496 e. The van der Waals surface area contributed by atoms with E-state index in [2.05, 4.69) is 38.2 Å². The fraction of sp³-hybridized carbons (Fsp3) is 0.667. The summed E-state index contributed by atoms with van der Waals surface area (Å²) in [4.78, 5) is 0. The highest BCUT2D eigenvalue weighted by Crippen LogP contribution is 2.38. The topological polar surface area (TPSA) is 21.3 Å². The lowest BCUT2D eigenvalue weighted by molar-refractivity contribution is 0.152. The highest BCUT2D eigenvalue weighted by molar-refractivity contribution is 5.33. The zero-order valence-corrected chi connectivity index (χ0v) is 13.4. The SMILES string of the molecule is COc1ccccc1CCNC1CC(C)CC(C)(C)C1. The minimum atomic E-state index is 0.486. The largest absolute Gasteiger partial charge is 0.496 e. The summed E-state index contributed by atoms with van der Waals surface area (Å²) in [6, 6.07) is 8.99. The van der Waals surface area contributed by atoms with Gasteiger partial charge in [-0.1, -0.05) is 39.0 Å². The molecule has 112 valence electrons. The van der Waals surface area contributed by atoms with Gasteiger partial charge in [0.15, 0.2) is 0 Å². The van der Waals surface area contributed by atoms with Gasteiger partial charge in [-0.15, -0.1) is 0 Å². The molecule has 2 nitrogen and oxygen atoms in total. The first-order chi connectivity index (χ1) is 9.50. The van der Waals surface area contributed by atoms with Gasteiger partial charge < -0.3 is 10.1 Å². The average molecular weight is 275 g/mol. The van der Waals surface area contributed by atoms with E-state index in [4.69, 9.17) is 4.74 Å². The lowest BCUT2D eigenvalue weighted by atomic mass is 9.70. The number of para-hydroxylation sites is 1.